The minimum absolute atomic E-state index is 0.325. The summed E-state index contributed by atoms with van der Waals surface area (Å²) in [5.74, 6) is -1.71. The molecule has 8 heteroatoms. The van der Waals surface area contributed by atoms with Crippen molar-refractivity contribution in [2.45, 2.75) is 147 Å². The summed E-state index contributed by atoms with van der Waals surface area (Å²) >= 11 is 0. The van der Waals surface area contributed by atoms with E-state index in [2.05, 4.69) is 11.7 Å². The number of rotatable bonds is 22. The number of hydrogen-bond acceptors (Lipinski definition) is 8. The molecule has 0 aliphatic rings. The Labute approximate surface area is 199 Å². The van der Waals surface area contributed by atoms with E-state index < -0.39 is 36.4 Å². The molecule has 5 N–H and O–H groups in total. The number of hydrogen-bond donors (Lipinski definition) is 5. The molecule has 0 amide bonds. The van der Waals surface area contributed by atoms with Crippen molar-refractivity contribution in [3.8, 4) is 0 Å². The Balaban J connectivity index is 3.75. The molecule has 5 atom stereocenters. The molecule has 0 fully saturated rings. The maximum absolute atomic E-state index is 11.9. The first kappa shape index (κ1) is 31.9. The summed E-state index contributed by atoms with van der Waals surface area (Å²) in [7, 11) is 0. The zero-order valence-corrected chi connectivity index (χ0v) is 20.7. The second kappa shape index (κ2) is 20.3. The monoisotopic (exact) mass is 476 g/mol. The molecule has 33 heavy (non-hydrogen) atoms. The Morgan fingerprint density at radius 2 is 1.09 bits per heavy atom. The lowest BCUT2D eigenvalue weighted by atomic mass is 9.98. The molecule has 196 valence electrons. The highest BCUT2D eigenvalue weighted by atomic mass is 16.6. The molecule has 0 aliphatic heterocycles. The topological polar surface area (TPSA) is 145 Å². The summed E-state index contributed by atoms with van der Waals surface area (Å²) in [4.78, 5) is 22.7. The van der Waals surface area contributed by atoms with Gasteiger partial charge < -0.3 is 30.3 Å². The fourth-order valence-electron chi connectivity index (χ4n) is 3.81. The van der Waals surface area contributed by atoms with E-state index in [4.69, 9.17) is 0 Å². The van der Waals surface area contributed by atoms with Crippen molar-refractivity contribution in [1.29, 1.82) is 0 Å². The van der Waals surface area contributed by atoms with Crippen LogP contribution in [0.3, 0.4) is 0 Å². The number of carbonyl (C=O) groups excluding carboxylic acids is 2. The minimum atomic E-state index is -2.02. The molecule has 8 nitrogen and oxygen atoms in total. The van der Waals surface area contributed by atoms with E-state index in [0.717, 1.165) is 32.6 Å². The first-order valence-electron chi connectivity index (χ1n) is 12.8. The molecule has 0 aromatic heterocycles. The van der Waals surface area contributed by atoms with Gasteiger partial charge in [0.05, 0.1) is 12.2 Å². The van der Waals surface area contributed by atoms with Crippen LogP contribution in [0.25, 0.3) is 0 Å². The Kier molecular flexibility index (Phi) is 19.7. The number of ether oxygens (including phenoxy) is 1. The smallest absolute Gasteiger partial charge is 0.305 e. The van der Waals surface area contributed by atoms with E-state index in [9.17, 15) is 35.1 Å². The maximum Gasteiger partial charge on any atom is 0.305 e. The summed E-state index contributed by atoms with van der Waals surface area (Å²) in [5.41, 5.74) is 0. The molecule has 0 rings (SSSR count). The van der Waals surface area contributed by atoms with Crippen LogP contribution >= 0.6 is 0 Å². The van der Waals surface area contributed by atoms with Crippen molar-refractivity contribution in [3.63, 3.8) is 0 Å². The Morgan fingerprint density at radius 1 is 0.667 bits per heavy atom. The van der Waals surface area contributed by atoms with Crippen LogP contribution in [0.5, 0.6) is 0 Å². The minimum Gasteiger partial charge on any atom is -0.433 e. The van der Waals surface area contributed by atoms with Gasteiger partial charge in [0, 0.05) is 13.3 Å². The number of ketones is 1. The third-order valence-electron chi connectivity index (χ3n) is 5.88. The predicted octanol–water partition coefficient (Wildman–Crippen LogP) is 3.14. The fraction of sp³-hybridized carbons (Fsp3) is 0.920. The van der Waals surface area contributed by atoms with E-state index >= 15 is 0 Å². The van der Waals surface area contributed by atoms with E-state index in [-0.39, 0.29) is 12.5 Å². The van der Waals surface area contributed by atoms with Gasteiger partial charge in [-0.1, -0.05) is 84.0 Å². The van der Waals surface area contributed by atoms with Gasteiger partial charge in [0.25, 0.3) is 0 Å². The summed E-state index contributed by atoms with van der Waals surface area (Å²) in [5, 5.41) is 48.9. The van der Waals surface area contributed by atoms with Crippen molar-refractivity contribution in [3.05, 3.63) is 0 Å². The lowest BCUT2D eigenvalue weighted by Gasteiger charge is -2.22. The highest BCUT2D eigenvalue weighted by molar-refractivity contribution is 5.83. The highest BCUT2D eigenvalue weighted by Crippen LogP contribution is 2.16. The molecule has 0 saturated carbocycles. The third kappa shape index (κ3) is 18.0. The molecule has 0 heterocycles. The van der Waals surface area contributed by atoms with Gasteiger partial charge in [-0.2, -0.15) is 0 Å². The third-order valence-corrected chi connectivity index (χ3v) is 5.88. The van der Waals surface area contributed by atoms with E-state index in [1.807, 2.05) is 0 Å². The molecule has 0 aromatic carbocycles. The zero-order chi connectivity index (χ0) is 25.1. The Morgan fingerprint density at radius 3 is 1.58 bits per heavy atom. The van der Waals surface area contributed by atoms with Crippen molar-refractivity contribution >= 4 is 11.8 Å². The number of unbranched alkanes of at least 4 members (excludes halogenated alkanes) is 10. The number of esters is 1. The van der Waals surface area contributed by atoms with Crippen molar-refractivity contribution < 1.29 is 39.9 Å². The van der Waals surface area contributed by atoms with Crippen LogP contribution in [0.1, 0.15) is 117 Å². The van der Waals surface area contributed by atoms with E-state index in [1.165, 1.54) is 51.4 Å². The quantitative estimate of drug-likeness (QED) is 0.0910. The second-order valence-corrected chi connectivity index (χ2v) is 9.17. The summed E-state index contributed by atoms with van der Waals surface area (Å²) in [6, 6.07) is 0. The molecular weight excluding hydrogens is 428 g/mol. The van der Waals surface area contributed by atoms with Gasteiger partial charge >= 0.3 is 5.97 Å². The van der Waals surface area contributed by atoms with Crippen LogP contribution in [0, 0.1) is 0 Å². The van der Waals surface area contributed by atoms with Crippen molar-refractivity contribution in [2.24, 2.45) is 0 Å². The summed E-state index contributed by atoms with van der Waals surface area (Å²) in [6.45, 7) is 3.24. The SMILES string of the molecule is CCCCCCCCCCCCC(O)CCCCC(O)CC(=O)C(O)C(O)C(O)OC(C)=O. The fourth-order valence-corrected chi connectivity index (χ4v) is 3.81. The van der Waals surface area contributed by atoms with Gasteiger partial charge in [-0.3, -0.25) is 9.59 Å². The Bertz CT molecular complexity index is 499. The van der Waals surface area contributed by atoms with Crippen LogP contribution in [0.2, 0.25) is 0 Å². The number of carbonyl (C=O) groups is 2. The van der Waals surface area contributed by atoms with Crippen LogP contribution < -0.4 is 0 Å². The molecular formula is C25H48O8. The molecule has 0 aromatic rings. The second-order valence-electron chi connectivity index (χ2n) is 9.17. The van der Waals surface area contributed by atoms with Gasteiger partial charge in [-0.25, -0.2) is 0 Å². The molecule has 0 saturated heterocycles. The van der Waals surface area contributed by atoms with Gasteiger partial charge in [-0.05, 0) is 19.3 Å². The molecule has 0 spiro atoms. The molecule has 5 unspecified atom stereocenters. The van der Waals surface area contributed by atoms with Gasteiger partial charge in [0.2, 0.25) is 6.29 Å². The highest BCUT2D eigenvalue weighted by Gasteiger charge is 2.32. The molecule has 0 bridgehead atoms. The Hall–Kier alpha value is -1.06. The summed E-state index contributed by atoms with van der Waals surface area (Å²) < 4.78 is 4.33. The summed E-state index contributed by atoms with van der Waals surface area (Å²) in [6.07, 6.45) is 8.03. The lowest BCUT2D eigenvalue weighted by Crippen LogP contribution is -2.44. The van der Waals surface area contributed by atoms with Gasteiger partial charge in [0.15, 0.2) is 5.78 Å². The van der Waals surface area contributed by atoms with E-state index in [1.54, 1.807) is 0 Å². The number of aliphatic hydroxyl groups excluding tert-OH is 5. The first-order chi connectivity index (χ1) is 15.7. The van der Waals surface area contributed by atoms with Gasteiger partial charge in [-0.15, -0.1) is 0 Å². The average molecular weight is 477 g/mol. The van der Waals surface area contributed by atoms with Crippen molar-refractivity contribution in [2.75, 3.05) is 0 Å². The number of Topliss-reactive ketones (excluding diaryl/α,β-unsaturated/α-hetero) is 1. The lowest BCUT2D eigenvalue weighted by molar-refractivity contribution is -0.198. The molecule has 0 aliphatic carbocycles. The number of aliphatic hydroxyl groups is 5. The van der Waals surface area contributed by atoms with E-state index in [0.29, 0.717) is 19.3 Å². The van der Waals surface area contributed by atoms with Crippen LogP contribution in [0.15, 0.2) is 0 Å². The standard InChI is InChI=1S/C25H48O8/c1-3-4-5-6-7-8-9-10-11-12-15-20(27)16-13-14-17-21(28)18-22(29)23(30)24(31)25(32)33-19(2)26/h20-21,23-25,27-28,30-32H,3-18H2,1-2H3. The van der Waals surface area contributed by atoms with Crippen LogP contribution in [-0.2, 0) is 14.3 Å². The first-order valence-corrected chi connectivity index (χ1v) is 12.8. The largest absolute Gasteiger partial charge is 0.433 e. The van der Waals surface area contributed by atoms with Crippen LogP contribution in [-0.4, -0.2) is 68.0 Å². The normalized spacial score (nSPS) is 16.1. The van der Waals surface area contributed by atoms with Gasteiger partial charge in [0.1, 0.15) is 12.2 Å². The molecule has 0 radical (unpaired) electrons. The predicted molar refractivity (Wildman–Crippen MR) is 126 cm³/mol. The zero-order valence-electron chi connectivity index (χ0n) is 20.7. The van der Waals surface area contributed by atoms with Crippen LogP contribution in [0.4, 0.5) is 0 Å². The maximum atomic E-state index is 11.9. The average Bonchev–Trinajstić information content (AvgIpc) is 2.76. The van der Waals surface area contributed by atoms with Crippen molar-refractivity contribution in [1.82, 2.24) is 0 Å².